The molecule has 0 radical (unpaired) electrons. The zero-order chi connectivity index (χ0) is 12.7. The molecule has 1 aliphatic heterocycles. The summed E-state index contributed by atoms with van der Waals surface area (Å²) in [6.07, 6.45) is 1.57. The maximum absolute atomic E-state index is 12.1. The fourth-order valence-corrected chi connectivity index (χ4v) is 2.05. The van der Waals surface area contributed by atoms with E-state index < -0.39 is 0 Å². The summed E-state index contributed by atoms with van der Waals surface area (Å²) in [6, 6.07) is 6.61. The Kier molecular flexibility index (Phi) is 2.16. The minimum Gasteiger partial charge on any atom is -0.398 e. The number of nitrogen functional groups attached to an aromatic ring is 1. The van der Waals surface area contributed by atoms with Crippen molar-refractivity contribution in [2.75, 3.05) is 5.73 Å². The Bertz CT molecular complexity index is 634. The molecule has 0 bridgehead atoms. The van der Waals surface area contributed by atoms with E-state index in [-0.39, 0.29) is 18.4 Å². The minimum atomic E-state index is -0.359. The zero-order valence-electron chi connectivity index (χ0n) is 9.38. The average molecular weight is 242 g/mol. The molecule has 2 heterocycles. The molecule has 0 spiro atoms. The van der Waals surface area contributed by atoms with Crippen molar-refractivity contribution >= 4 is 17.5 Å². The van der Waals surface area contributed by atoms with E-state index in [4.69, 9.17) is 5.73 Å². The van der Waals surface area contributed by atoms with Gasteiger partial charge in [-0.3, -0.25) is 19.6 Å². The molecular formula is C12H10N4O2. The number of hydrogen-bond donors (Lipinski definition) is 2. The summed E-state index contributed by atoms with van der Waals surface area (Å²) in [6.45, 7) is 0.172. The second-order valence-electron chi connectivity index (χ2n) is 4.05. The van der Waals surface area contributed by atoms with Crippen LogP contribution in [0, 0.1) is 0 Å². The van der Waals surface area contributed by atoms with Crippen LogP contribution in [0.3, 0.4) is 0 Å². The lowest BCUT2D eigenvalue weighted by atomic mass is 10.1. The zero-order valence-corrected chi connectivity index (χ0v) is 9.38. The number of fused-ring (bicyclic) bond motifs is 1. The molecule has 0 atom stereocenters. The van der Waals surface area contributed by atoms with Crippen LogP contribution >= 0.6 is 0 Å². The molecule has 0 saturated heterocycles. The van der Waals surface area contributed by atoms with E-state index in [9.17, 15) is 9.59 Å². The van der Waals surface area contributed by atoms with Crippen LogP contribution in [0.4, 0.5) is 5.69 Å². The molecule has 0 fully saturated rings. The second-order valence-corrected chi connectivity index (χ2v) is 4.05. The maximum Gasteiger partial charge on any atom is 0.264 e. The number of rotatable bonds is 2. The first kappa shape index (κ1) is 10.5. The highest BCUT2D eigenvalue weighted by molar-refractivity contribution is 6.23. The number of hydrogen-bond acceptors (Lipinski definition) is 4. The Morgan fingerprint density at radius 1 is 1.22 bits per heavy atom. The lowest BCUT2D eigenvalue weighted by molar-refractivity contribution is 0.0641. The van der Waals surface area contributed by atoms with Gasteiger partial charge in [0.2, 0.25) is 0 Å². The average Bonchev–Trinajstić information content (AvgIpc) is 2.94. The van der Waals surface area contributed by atoms with Crippen molar-refractivity contribution in [1.82, 2.24) is 15.1 Å². The molecule has 3 N–H and O–H groups in total. The largest absolute Gasteiger partial charge is 0.398 e. The van der Waals surface area contributed by atoms with Crippen molar-refractivity contribution in [2.45, 2.75) is 6.54 Å². The highest BCUT2D eigenvalue weighted by Gasteiger charge is 2.36. The maximum atomic E-state index is 12.1. The van der Waals surface area contributed by atoms with Gasteiger partial charge in [-0.15, -0.1) is 0 Å². The molecular weight excluding hydrogens is 232 g/mol. The van der Waals surface area contributed by atoms with Crippen molar-refractivity contribution in [2.24, 2.45) is 0 Å². The number of amides is 2. The first-order valence-corrected chi connectivity index (χ1v) is 5.41. The number of carbonyl (C=O) groups excluding carboxylic acids is 2. The number of imide groups is 1. The number of nitrogens with two attached hydrogens (primary N) is 1. The van der Waals surface area contributed by atoms with Crippen LogP contribution in [-0.2, 0) is 6.54 Å². The fraction of sp³-hybridized carbons (Fsp3) is 0.0833. The summed E-state index contributed by atoms with van der Waals surface area (Å²) in [5.41, 5.74) is 7.42. The molecule has 0 saturated carbocycles. The van der Waals surface area contributed by atoms with Gasteiger partial charge in [-0.1, -0.05) is 6.07 Å². The standard InChI is InChI=1S/C12H10N4O2/c13-9-3-1-2-8-10(9)12(18)16(11(8)17)6-7-4-5-14-15-7/h1-5H,6,13H2,(H,14,15). The molecule has 0 unspecified atom stereocenters. The second kappa shape index (κ2) is 3.69. The Morgan fingerprint density at radius 3 is 2.72 bits per heavy atom. The highest BCUT2D eigenvalue weighted by Crippen LogP contribution is 2.28. The van der Waals surface area contributed by atoms with Gasteiger partial charge in [0.05, 0.1) is 23.4 Å². The van der Waals surface area contributed by atoms with Gasteiger partial charge in [0, 0.05) is 11.9 Å². The van der Waals surface area contributed by atoms with Crippen molar-refractivity contribution in [3.05, 3.63) is 47.3 Å². The van der Waals surface area contributed by atoms with Gasteiger partial charge in [0.1, 0.15) is 0 Å². The quantitative estimate of drug-likeness (QED) is 0.601. The molecule has 18 heavy (non-hydrogen) atoms. The first-order valence-electron chi connectivity index (χ1n) is 5.41. The molecule has 90 valence electrons. The van der Waals surface area contributed by atoms with Gasteiger partial charge in [0.25, 0.3) is 11.8 Å². The number of anilines is 1. The van der Waals surface area contributed by atoms with Gasteiger partial charge in [0.15, 0.2) is 0 Å². The predicted molar refractivity (Wildman–Crippen MR) is 63.6 cm³/mol. The SMILES string of the molecule is Nc1cccc2c1C(=O)N(Cc1ccn[nH]1)C2=O. The molecule has 0 aliphatic carbocycles. The smallest absolute Gasteiger partial charge is 0.264 e. The Balaban J connectivity index is 2.00. The molecule has 6 nitrogen and oxygen atoms in total. The van der Waals surface area contributed by atoms with Crippen LogP contribution in [0.2, 0.25) is 0 Å². The van der Waals surface area contributed by atoms with Crippen molar-refractivity contribution in [3.63, 3.8) is 0 Å². The molecule has 1 aromatic heterocycles. The topological polar surface area (TPSA) is 92.1 Å². The molecule has 2 aromatic rings. The van der Waals surface area contributed by atoms with Crippen molar-refractivity contribution < 1.29 is 9.59 Å². The van der Waals surface area contributed by atoms with Crippen molar-refractivity contribution in [3.8, 4) is 0 Å². The summed E-state index contributed by atoms with van der Waals surface area (Å²) >= 11 is 0. The van der Waals surface area contributed by atoms with Gasteiger partial charge in [-0.2, -0.15) is 5.10 Å². The number of benzene rings is 1. The van der Waals surface area contributed by atoms with Crippen LogP contribution in [0.1, 0.15) is 26.4 Å². The van der Waals surface area contributed by atoms with Gasteiger partial charge in [-0.25, -0.2) is 0 Å². The lowest BCUT2D eigenvalue weighted by Crippen LogP contribution is -2.29. The van der Waals surface area contributed by atoms with E-state index in [1.165, 1.54) is 0 Å². The van der Waals surface area contributed by atoms with E-state index in [0.29, 0.717) is 22.5 Å². The van der Waals surface area contributed by atoms with Crippen LogP contribution in [0.25, 0.3) is 0 Å². The number of aromatic amines is 1. The normalized spacial score (nSPS) is 14.1. The minimum absolute atomic E-state index is 0.172. The van der Waals surface area contributed by atoms with Gasteiger partial charge >= 0.3 is 0 Å². The third-order valence-electron chi connectivity index (χ3n) is 2.92. The van der Waals surface area contributed by atoms with E-state index in [2.05, 4.69) is 10.2 Å². The van der Waals surface area contributed by atoms with E-state index >= 15 is 0 Å². The van der Waals surface area contributed by atoms with E-state index in [1.807, 2.05) is 0 Å². The molecule has 1 aromatic carbocycles. The first-order chi connectivity index (χ1) is 8.68. The summed E-state index contributed by atoms with van der Waals surface area (Å²) in [7, 11) is 0. The third-order valence-corrected chi connectivity index (χ3v) is 2.92. The van der Waals surface area contributed by atoms with Crippen LogP contribution in [0.5, 0.6) is 0 Å². The molecule has 6 heteroatoms. The van der Waals surface area contributed by atoms with Gasteiger partial charge in [-0.05, 0) is 18.2 Å². The van der Waals surface area contributed by atoms with Crippen molar-refractivity contribution in [1.29, 1.82) is 0 Å². The van der Waals surface area contributed by atoms with E-state index in [0.717, 1.165) is 4.90 Å². The number of nitrogens with zero attached hydrogens (tertiary/aromatic N) is 2. The Labute approximate surface area is 102 Å². The number of aromatic nitrogens is 2. The summed E-state index contributed by atoms with van der Waals surface area (Å²) in [4.78, 5) is 25.4. The summed E-state index contributed by atoms with van der Waals surface area (Å²) in [5, 5.41) is 6.50. The number of H-pyrrole nitrogens is 1. The predicted octanol–water partition coefficient (Wildman–Crippen LogP) is 0.788. The lowest BCUT2D eigenvalue weighted by Gasteiger charge is -2.11. The van der Waals surface area contributed by atoms with Crippen LogP contribution in [-0.4, -0.2) is 26.9 Å². The number of carbonyl (C=O) groups is 2. The molecule has 3 rings (SSSR count). The monoisotopic (exact) mass is 242 g/mol. The third kappa shape index (κ3) is 1.39. The summed E-state index contributed by atoms with van der Waals surface area (Å²) < 4.78 is 0. The molecule has 2 amide bonds. The molecule has 1 aliphatic rings. The summed E-state index contributed by atoms with van der Waals surface area (Å²) in [5.74, 6) is -0.681. The fourth-order valence-electron chi connectivity index (χ4n) is 2.05. The van der Waals surface area contributed by atoms with Crippen LogP contribution in [0.15, 0.2) is 30.5 Å². The highest BCUT2D eigenvalue weighted by atomic mass is 16.2. The Morgan fingerprint density at radius 2 is 2.06 bits per heavy atom. The van der Waals surface area contributed by atoms with E-state index in [1.54, 1.807) is 30.5 Å². The Hall–Kier alpha value is -2.63. The van der Waals surface area contributed by atoms with Gasteiger partial charge < -0.3 is 5.73 Å². The van der Waals surface area contributed by atoms with Crippen LogP contribution < -0.4 is 5.73 Å². The number of nitrogens with one attached hydrogen (secondary N) is 1.